The predicted octanol–water partition coefficient (Wildman–Crippen LogP) is 2.26. The van der Waals surface area contributed by atoms with Gasteiger partial charge in [0, 0.05) is 28.9 Å². The first-order valence-corrected chi connectivity index (χ1v) is 6.45. The van der Waals surface area contributed by atoms with Crippen LogP contribution in [0.25, 0.3) is 16.5 Å². The number of benzene rings is 2. The lowest BCUT2D eigenvalue weighted by Crippen LogP contribution is -2.02. The second-order valence-electron chi connectivity index (χ2n) is 3.81. The number of rotatable bonds is 2. The van der Waals surface area contributed by atoms with Gasteiger partial charge in [-0.25, -0.2) is 4.98 Å². The molecule has 0 aliphatic heterocycles. The third kappa shape index (κ3) is 1.73. The zero-order valence-electron chi connectivity index (χ0n) is 9.32. The molecule has 0 spiro atoms. The predicted molar refractivity (Wildman–Crippen MR) is 68.3 cm³/mol. The van der Waals surface area contributed by atoms with Crippen LogP contribution in [0.5, 0.6) is 0 Å². The van der Waals surface area contributed by atoms with Crippen molar-refractivity contribution in [1.29, 1.82) is 0 Å². The summed E-state index contributed by atoms with van der Waals surface area (Å²) in [4.78, 5) is 3.85. The summed E-state index contributed by atoms with van der Waals surface area (Å²) in [6, 6.07) is 13.6. The van der Waals surface area contributed by atoms with Crippen LogP contribution in [-0.2, 0) is 11.1 Å². The molecular formula is C13H9N2O2S-. The van der Waals surface area contributed by atoms with Crippen molar-refractivity contribution in [3.8, 4) is 5.69 Å². The fraction of sp³-hybridized carbons (Fsp3) is 0. The van der Waals surface area contributed by atoms with Gasteiger partial charge in [0.1, 0.15) is 0 Å². The first-order chi connectivity index (χ1) is 8.77. The van der Waals surface area contributed by atoms with Gasteiger partial charge in [0.05, 0.1) is 5.69 Å². The third-order valence-corrected chi connectivity index (χ3v) is 3.38. The number of hydrogen-bond donors (Lipinski definition) is 0. The van der Waals surface area contributed by atoms with E-state index in [1.54, 1.807) is 10.8 Å². The van der Waals surface area contributed by atoms with Crippen LogP contribution in [0.4, 0.5) is 0 Å². The van der Waals surface area contributed by atoms with Crippen molar-refractivity contribution in [2.45, 2.75) is 5.16 Å². The Hall–Kier alpha value is -1.98. The lowest BCUT2D eigenvalue weighted by atomic mass is 10.1. The van der Waals surface area contributed by atoms with E-state index in [9.17, 15) is 8.76 Å². The number of fused-ring (bicyclic) bond motifs is 1. The van der Waals surface area contributed by atoms with Crippen LogP contribution in [0.3, 0.4) is 0 Å². The topological polar surface area (TPSA) is 57.9 Å². The molecule has 0 bridgehead atoms. The highest BCUT2D eigenvalue weighted by Gasteiger charge is 2.08. The number of imidazole rings is 1. The lowest BCUT2D eigenvalue weighted by molar-refractivity contribution is 0.526. The highest BCUT2D eigenvalue weighted by atomic mass is 32.2. The Kier molecular flexibility index (Phi) is 2.70. The van der Waals surface area contributed by atoms with E-state index in [-0.39, 0.29) is 5.16 Å². The van der Waals surface area contributed by atoms with Gasteiger partial charge in [0.25, 0.3) is 0 Å². The third-order valence-electron chi connectivity index (χ3n) is 2.78. The molecule has 90 valence electrons. The summed E-state index contributed by atoms with van der Waals surface area (Å²) < 4.78 is 23.8. The standard InChI is InChI=1S/C13H10N2O2S/c16-18(17)13-14-8-9-15(13)12-7-3-5-10-4-1-2-6-11(10)12/h1-9H,(H,16,17)/p-1. The van der Waals surface area contributed by atoms with Gasteiger partial charge in [-0.05, 0) is 11.5 Å². The Morgan fingerprint density at radius 2 is 1.89 bits per heavy atom. The fourth-order valence-electron chi connectivity index (χ4n) is 2.01. The summed E-state index contributed by atoms with van der Waals surface area (Å²) in [6.07, 6.45) is 3.12. The number of hydrogen-bond acceptors (Lipinski definition) is 3. The fourth-order valence-corrected chi connectivity index (χ4v) is 2.48. The van der Waals surface area contributed by atoms with E-state index in [0.717, 1.165) is 16.5 Å². The molecular weight excluding hydrogens is 248 g/mol. The Bertz CT molecular complexity index is 731. The van der Waals surface area contributed by atoms with Gasteiger partial charge in [0.15, 0.2) is 5.16 Å². The van der Waals surface area contributed by atoms with Crippen LogP contribution < -0.4 is 0 Å². The van der Waals surface area contributed by atoms with Crippen LogP contribution >= 0.6 is 0 Å². The summed E-state index contributed by atoms with van der Waals surface area (Å²) in [5, 5.41) is 2.07. The van der Waals surface area contributed by atoms with Crippen molar-refractivity contribution >= 4 is 21.9 Å². The Morgan fingerprint density at radius 3 is 2.72 bits per heavy atom. The smallest absolute Gasteiger partial charge is 0.189 e. The van der Waals surface area contributed by atoms with E-state index in [2.05, 4.69) is 4.98 Å². The number of aromatic nitrogens is 2. The zero-order valence-corrected chi connectivity index (χ0v) is 10.1. The molecule has 3 aromatic rings. The molecule has 0 fully saturated rings. The molecule has 0 saturated carbocycles. The largest absolute Gasteiger partial charge is 0.766 e. The molecule has 0 N–H and O–H groups in total. The monoisotopic (exact) mass is 257 g/mol. The van der Waals surface area contributed by atoms with Gasteiger partial charge in [-0.1, -0.05) is 36.4 Å². The van der Waals surface area contributed by atoms with E-state index >= 15 is 0 Å². The SMILES string of the molecule is O=S([O-])c1nccn1-c1cccc2ccccc12. The second kappa shape index (κ2) is 4.36. The van der Waals surface area contributed by atoms with Crippen molar-refractivity contribution in [3.63, 3.8) is 0 Å². The van der Waals surface area contributed by atoms with Crippen molar-refractivity contribution < 1.29 is 8.76 Å². The molecule has 2 aromatic carbocycles. The number of nitrogens with zero attached hydrogens (tertiary/aromatic N) is 2. The molecule has 5 heteroatoms. The van der Waals surface area contributed by atoms with Crippen molar-refractivity contribution in [2.75, 3.05) is 0 Å². The zero-order chi connectivity index (χ0) is 12.5. The minimum atomic E-state index is -2.35. The molecule has 0 aliphatic rings. The summed E-state index contributed by atoms with van der Waals surface area (Å²) >= 11 is -2.35. The van der Waals surface area contributed by atoms with Crippen LogP contribution in [0, 0.1) is 0 Å². The summed E-state index contributed by atoms with van der Waals surface area (Å²) in [7, 11) is 0. The minimum Gasteiger partial charge on any atom is -0.766 e. The van der Waals surface area contributed by atoms with Crippen LogP contribution in [-0.4, -0.2) is 18.3 Å². The summed E-state index contributed by atoms with van der Waals surface area (Å²) in [5.74, 6) is 0. The van der Waals surface area contributed by atoms with Crippen LogP contribution in [0.15, 0.2) is 60.0 Å². The van der Waals surface area contributed by atoms with E-state index in [1.165, 1.54) is 6.20 Å². The highest BCUT2D eigenvalue weighted by molar-refractivity contribution is 7.79. The summed E-state index contributed by atoms with van der Waals surface area (Å²) in [5.41, 5.74) is 0.810. The molecule has 0 saturated heterocycles. The quantitative estimate of drug-likeness (QED) is 0.662. The van der Waals surface area contributed by atoms with Gasteiger partial charge in [-0.3, -0.25) is 8.78 Å². The van der Waals surface area contributed by atoms with Crippen molar-refractivity contribution in [3.05, 3.63) is 54.9 Å². The molecule has 3 rings (SSSR count). The first kappa shape index (κ1) is 11.1. The van der Waals surface area contributed by atoms with Crippen LogP contribution in [0.2, 0.25) is 0 Å². The normalized spacial score (nSPS) is 12.7. The first-order valence-electron chi connectivity index (χ1n) is 5.38. The summed E-state index contributed by atoms with van der Waals surface area (Å²) in [6.45, 7) is 0. The molecule has 4 nitrogen and oxygen atoms in total. The van der Waals surface area contributed by atoms with E-state index in [0.29, 0.717) is 0 Å². The van der Waals surface area contributed by atoms with E-state index in [4.69, 9.17) is 0 Å². The second-order valence-corrected chi connectivity index (χ2v) is 4.65. The Balaban J connectivity index is 2.32. The van der Waals surface area contributed by atoms with Gasteiger partial charge >= 0.3 is 0 Å². The molecule has 1 atom stereocenters. The van der Waals surface area contributed by atoms with Gasteiger partial charge in [-0.2, -0.15) is 0 Å². The Labute approximate surface area is 106 Å². The van der Waals surface area contributed by atoms with Gasteiger partial charge in [0.2, 0.25) is 0 Å². The molecule has 18 heavy (non-hydrogen) atoms. The maximum absolute atomic E-state index is 11.1. The molecule has 0 radical (unpaired) electrons. The maximum Gasteiger partial charge on any atom is 0.189 e. The van der Waals surface area contributed by atoms with Crippen molar-refractivity contribution in [1.82, 2.24) is 9.55 Å². The molecule has 1 heterocycles. The Morgan fingerprint density at radius 1 is 1.11 bits per heavy atom. The average Bonchev–Trinajstić information content (AvgIpc) is 2.87. The average molecular weight is 257 g/mol. The van der Waals surface area contributed by atoms with E-state index in [1.807, 2.05) is 42.5 Å². The molecule has 1 aromatic heterocycles. The molecule has 0 amide bonds. The minimum absolute atomic E-state index is 0.0198. The van der Waals surface area contributed by atoms with Gasteiger partial charge < -0.3 is 4.55 Å². The van der Waals surface area contributed by atoms with Gasteiger partial charge in [-0.15, -0.1) is 0 Å². The highest BCUT2D eigenvalue weighted by Crippen LogP contribution is 2.23. The van der Waals surface area contributed by atoms with E-state index < -0.39 is 11.1 Å². The molecule has 0 aliphatic carbocycles. The maximum atomic E-state index is 11.1. The van der Waals surface area contributed by atoms with Crippen LogP contribution in [0.1, 0.15) is 0 Å². The molecule has 1 unspecified atom stereocenters. The van der Waals surface area contributed by atoms with Crippen molar-refractivity contribution in [2.24, 2.45) is 0 Å². The lowest BCUT2D eigenvalue weighted by Gasteiger charge is -2.12.